The molecular weight excluding hydrogens is 475 g/mol. The minimum absolute atomic E-state index is 0.388. The van der Waals surface area contributed by atoms with Crippen LogP contribution in [0.25, 0.3) is 0 Å². The molecule has 5 rings (SSSR count). The summed E-state index contributed by atoms with van der Waals surface area (Å²) in [5.41, 5.74) is -0.0395. The second-order valence-corrected chi connectivity index (χ2v) is 9.14. The van der Waals surface area contributed by atoms with Crippen LogP contribution in [0.4, 0.5) is 5.69 Å². The van der Waals surface area contributed by atoms with Gasteiger partial charge in [0.1, 0.15) is 0 Å². The van der Waals surface area contributed by atoms with Crippen molar-refractivity contribution in [2.75, 3.05) is 12.0 Å². The highest BCUT2D eigenvalue weighted by Gasteiger charge is 2.69. The molecule has 6 nitrogen and oxygen atoms in total. The summed E-state index contributed by atoms with van der Waals surface area (Å²) in [7, 11) is 1.27. The summed E-state index contributed by atoms with van der Waals surface area (Å²) in [5.74, 6) is -3.50. The van der Waals surface area contributed by atoms with Crippen molar-refractivity contribution in [2.45, 2.75) is 11.6 Å². The number of nitrogens with zero attached hydrogens (tertiary/aromatic N) is 1. The summed E-state index contributed by atoms with van der Waals surface area (Å²) in [6.45, 7) is 0. The summed E-state index contributed by atoms with van der Waals surface area (Å²) < 4.78 is 5.22. The number of fused-ring (bicyclic) bond motifs is 1. The number of imide groups is 1. The lowest BCUT2D eigenvalue weighted by molar-refractivity contribution is -0.152. The number of benzene rings is 3. The number of rotatable bonds is 4. The van der Waals surface area contributed by atoms with Gasteiger partial charge in [-0.25, -0.2) is 9.69 Å². The van der Waals surface area contributed by atoms with Crippen LogP contribution in [0.2, 0.25) is 10.0 Å². The molecule has 34 heavy (non-hydrogen) atoms. The largest absolute Gasteiger partial charge is 0.467 e. The summed E-state index contributed by atoms with van der Waals surface area (Å²) in [6.07, 6.45) is 0. The Balaban J connectivity index is 1.74. The number of ether oxygens (including phenoxy) is 1. The van der Waals surface area contributed by atoms with E-state index < -0.39 is 41.2 Å². The van der Waals surface area contributed by atoms with Gasteiger partial charge in [-0.1, -0.05) is 71.7 Å². The number of carbonyl (C=O) groups excluding carboxylic acids is 3. The van der Waals surface area contributed by atoms with E-state index in [0.29, 0.717) is 26.9 Å². The Labute approximate surface area is 206 Å². The normalized spacial score (nSPS) is 26.0. The Kier molecular flexibility index (Phi) is 5.68. The molecule has 2 aliphatic heterocycles. The molecule has 172 valence electrons. The lowest BCUT2D eigenvalue weighted by atomic mass is 9.75. The lowest BCUT2D eigenvalue weighted by Crippen LogP contribution is -2.53. The number of hydrogen-bond acceptors (Lipinski definition) is 5. The van der Waals surface area contributed by atoms with Crippen LogP contribution in [-0.2, 0) is 24.7 Å². The second-order valence-electron chi connectivity index (χ2n) is 8.30. The second kappa shape index (κ2) is 8.55. The van der Waals surface area contributed by atoms with E-state index in [2.05, 4.69) is 5.32 Å². The zero-order valence-corrected chi connectivity index (χ0v) is 19.6. The van der Waals surface area contributed by atoms with Crippen LogP contribution in [0, 0.1) is 11.8 Å². The number of methoxy groups -OCH3 is 1. The molecule has 0 aliphatic carbocycles. The summed E-state index contributed by atoms with van der Waals surface area (Å²) >= 11 is 12.5. The van der Waals surface area contributed by atoms with Crippen LogP contribution < -0.4 is 10.2 Å². The van der Waals surface area contributed by atoms with Crippen molar-refractivity contribution in [3.8, 4) is 0 Å². The zero-order chi connectivity index (χ0) is 24.0. The third-order valence-electron chi connectivity index (χ3n) is 6.62. The molecule has 4 atom stereocenters. The average molecular weight is 495 g/mol. The van der Waals surface area contributed by atoms with Gasteiger partial charge in [0.05, 0.1) is 24.6 Å². The molecule has 0 saturated carbocycles. The maximum absolute atomic E-state index is 13.9. The van der Waals surface area contributed by atoms with E-state index in [1.165, 1.54) is 7.11 Å². The van der Waals surface area contributed by atoms with Crippen molar-refractivity contribution in [1.29, 1.82) is 0 Å². The SMILES string of the molecule is COC(=O)[C@]1(c2ccccc2)N[C@H](c2ccccc2Cl)[C@H]2C(=O)N(c3ccc(Cl)cc3)C(=O)[C@H]21. The maximum atomic E-state index is 13.9. The van der Waals surface area contributed by atoms with Crippen LogP contribution in [0.3, 0.4) is 0 Å². The molecule has 2 fully saturated rings. The smallest absolute Gasteiger partial charge is 0.331 e. The van der Waals surface area contributed by atoms with Crippen LogP contribution >= 0.6 is 23.2 Å². The van der Waals surface area contributed by atoms with E-state index in [-0.39, 0.29) is 0 Å². The van der Waals surface area contributed by atoms with Crippen LogP contribution in [0.5, 0.6) is 0 Å². The van der Waals surface area contributed by atoms with E-state index in [4.69, 9.17) is 27.9 Å². The van der Waals surface area contributed by atoms with Gasteiger partial charge in [-0.05, 0) is 41.5 Å². The molecule has 0 aromatic heterocycles. The van der Waals surface area contributed by atoms with Crippen molar-refractivity contribution in [3.05, 3.63) is 100 Å². The molecule has 1 N–H and O–H groups in total. The Morgan fingerprint density at radius 1 is 0.912 bits per heavy atom. The molecule has 8 heteroatoms. The molecule has 2 heterocycles. The maximum Gasteiger partial charge on any atom is 0.331 e. The van der Waals surface area contributed by atoms with Crippen molar-refractivity contribution in [2.24, 2.45) is 11.8 Å². The first kappa shape index (κ1) is 22.6. The average Bonchev–Trinajstić information content (AvgIpc) is 3.34. The van der Waals surface area contributed by atoms with Crippen molar-refractivity contribution >= 4 is 46.7 Å². The number of amides is 2. The van der Waals surface area contributed by atoms with E-state index >= 15 is 0 Å². The van der Waals surface area contributed by atoms with Gasteiger partial charge in [0.25, 0.3) is 0 Å². The minimum atomic E-state index is -1.58. The first-order valence-electron chi connectivity index (χ1n) is 10.7. The van der Waals surface area contributed by atoms with Gasteiger partial charge in [0.2, 0.25) is 11.8 Å². The molecule has 0 spiro atoms. The monoisotopic (exact) mass is 494 g/mol. The number of nitrogens with one attached hydrogen (secondary N) is 1. The van der Waals surface area contributed by atoms with Crippen molar-refractivity contribution < 1.29 is 19.1 Å². The highest BCUT2D eigenvalue weighted by atomic mass is 35.5. The quantitative estimate of drug-likeness (QED) is 0.426. The van der Waals surface area contributed by atoms with Gasteiger partial charge >= 0.3 is 5.97 Å². The first-order valence-corrected chi connectivity index (χ1v) is 11.4. The molecule has 0 radical (unpaired) electrons. The fourth-order valence-corrected chi connectivity index (χ4v) is 5.56. The first-order chi connectivity index (χ1) is 16.4. The minimum Gasteiger partial charge on any atom is -0.467 e. The number of halogens is 2. The van der Waals surface area contributed by atoms with Crippen LogP contribution in [0.1, 0.15) is 17.2 Å². The van der Waals surface area contributed by atoms with E-state index in [1.54, 1.807) is 72.8 Å². The Bertz CT molecular complexity index is 1280. The highest BCUT2D eigenvalue weighted by molar-refractivity contribution is 6.32. The predicted octanol–water partition coefficient (Wildman–Crippen LogP) is 4.51. The van der Waals surface area contributed by atoms with Gasteiger partial charge in [0.15, 0.2) is 5.54 Å². The molecule has 2 saturated heterocycles. The third kappa shape index (κ3) is 3.25. The molecule has 0 bridgehead atoms. The fourth-order valence-electron chi connectivity index (χ4n) is 5.18. The van der Waals surface area contributed by atoms with Crippen LogP contribution in [-0.4, -0.2) is 24.9 Å². The molecule has 3 aromatic rings. The van der Waals surface area contributed by atoms with Gasteiger partial charge in [0, 0.05) is 16.1 Å². The summed E-state index contributed by atoms with van der Waals surface area (Å²) in [5, 5.41) is 4.23. The fraction of sp³-hybridized carbons (Fsp3) is 0.192. The van der Waals surface area contributed by atoms with Gasteiger partial charge in [-0.2, -0.15) is 0 Å². The highest BCUT2D eigenvalue weighted by Crippen LogP contribution is 2.54. The lowest BCUT2D eigenvalue weighted by Gasteiger charge is -2.33. The standard InChI is InChI=1S/C26H20Cl2N2O4/c1-34-25(33)26(15-7-3-2-4-8-15)21-20(22(29-26)18-9-5-6-10-19(18)28)23(31)30(24(21)32)17-13-11-16(27)12-14-17/h2-14,20-22,29H,1H3/t20-,21-,22+,26+/m0/s1. The zero-order valence-electron chi connectivity index (χ0n) is 18.1. The summed E-state index contributed by atoms with van der Waals surface area (Å²) in [6, 6.07) is 21.7. The van der Waals surface area contributed by atoms with Gasteiger partial charge < -0.3 is 4.74 Å². The van der Waals surface area contributed by atoms with Gasteiger partial charge in [-0.3, -0.25) is 14.9 Å². The van der Waals surface area contributed by atoms with E-state index in [9.17, 15) is 14.4 Å². The number of esters is 1. The molecular formula is C26H20Cl2N2O4. The number of hydrogen-bond donors (Lipinski definition) is 1. The van der Waals surface area contributed by atoms with Crippen molar-refractivity contribution in [3.63, 3.8) is 0 Å². The molecule has 2 aliphatic rings. The Morgan fingerprint density at radius 2 is 1.56 bits per heavy atom. The van der Waals surface area contributed by atoms with E-state index in [1.807, 2.05) is 6.07 Å². The molecule has 2 amide bonds. The topological polar surface area (TPSA) is 75.7 Å². The third-order valence-corrected chi connectivity index (χ3v) is 7.22. The summed E-state index contributed by atoms with van der Waals surface area (Å²) in [4.78, 5) is 42.4. The van der Waals surface area contributed by atoms with Gasteiger partial charge in [-0.15, -0.1) is 0 Å². The molecule has 0 unspecified atom stereocenters. The van der Waals surface area contributed by atoms with Crippen LogP contribution in [0.15, 0.2) is 78.9 Å². The van der Waals surface area contributed by atoms with Crippen molar-refractivity contribution in [1.82, 2.24) is 5.32 Å². The Morgan fingerprint density at radius 3 is 2.21 bits per heavy atom. The predicted molar refractivity (Wildman–Crippen MR) is 128 cm³/mol. The molecule has 3 aromatic carbocycles. The van der Waals surface area contributed by atoms with E-state index in [0.717, 1.165) is 4.90 Å². The number of carbonyl (C=O) groups is 3. The Hall–Kier alpha value is -3.19. The number of anilines is 1.